The third kappa shape index (κ3) is 5.53. The minimum atomic E-state index is 0.183. The second-order valence-electron chi connectivity index (χ2n) is 5.26. The van der Waals surface area contributed by atoms with Crippen molar-refractivity contribution in [1.29, 1.82) is 0 Å². The van der Waals surface area contributed by atoms with Gasteiger partial charge in [-0.25, -0.2) is 0 Å². The lowest BCUT2D eigenvalue weighted by molar-refractivity contribution is 0.264. The number of allylic oxidation sites excluding steroid dienone is 1. The quantitative estimate of drug-likeness (QED) is 0.469. The van der Waals surface area contributed by atoms with E-state index in [1.165, 1.54) is 0 Å². The van der Waals surface area contributed by atoms with Crippen LogP contribution in [0, 0.1) is 0 Å². The molecule has 1 aliphatic rings. The molecule has 0 aromatic heterocycles. The van der Waals surface area contributed by atoms with Crippen molar-refractivity contribution in [3.05, 3.63) is 35.3 Å². The minimum absolute atomic E-state index is 0.183. The Morgan fingerprint density at radius 3 is 2.86 bits per heavy atom. The summed E-state index contributed by atoms with van der Waals surface area (Å²) in [5, 5.41) is 21.1. The van der Waals surface area contributed by atoms with Gasteiger partial charge in [0.2, 0.25) is 0 Å². The van der Waals surface area contributed by atoms with E-state index in [2.05, 4.69) is 16.8 Å². The molecule has 120 valence electrons. The number of aliphatic hydroxyl groups is 2. The molecule has 0 atom stereocenters. The molecule has 0 amide bonds. The Balaban J connectivity index is 2.58. The molecule has 1 aliphatic heterocycles. The number of nitrogens with zero attached hydrogens (tertiary/aromatic N) is 1. The van der Waals surface area contributed by atoms with Crippen molar-refractivity contribution in [2.45, 2.75) is 19.8 Å². The molecule has 0 aromatic rings. The van der Waals surface area contributed by atoms with Crippen LogP contribution < -0.4 is 5.32 Å². The summed E-state index contributed by atoms with van der Waals surface area (Å²) in [5.41, 5.74) is 3.23. The van der Waals surface area contributed by atoms with Crippen LogP contribution in [0.1, 0.15) is 19.8 Å². The molecule has 0 aromatic carbocycles. The first-order chi connectivity index (χ1) is 10.1. The van der Waals surface area contributed by atoms with E-state index >= 15 is 0 Å². The van der Waals surface area contributed by atoms with Crippen LogP contribution in [0.15, 0.2) is 35.3 Å². The minimum Gasteiger partial charge on any atom is -0.512 e. The Bertz CT molecular complexity index is 402. The van der Waals surface area contributed by atoms with Crippen LogP contribution in [0.5, 0.6) is 0 Å². The highest BCUT2D eigenvalue weighted by molar-refractivity contribution is 5.42. The average Bonchev–Trinajstić information content (AvgIpc) is 2.49. The number of ether oxygens (including phenoxy) is 1. The smallest absolute Gasteiger partial charge is 0.156 e. The molecule has 5 heteroatoms. The van der Waals surface area contributed by atoms with Crippen molar-refractivity contribution in [3.8, 4) is 0 Å². The topological polar surface area (TPSA) is 65.0 Å². The van der Waals surface area contributed by atoms with Crippen molar-refractivity contribution in [2.24, 2.45) is 0 Å². The number of piperidine rings is 1. The van der Waals surface area contributed by atoms with Crippen molar-refractivity contribution >= 4 is 0 Å². The molecule has 0 radical (unpaired) electrons. The van der Waals surface area contributed by atoms with Gasteiger partial charge in [0.1, 0.15) is 6.26 Å². The predicted molar refractivity (Wildman–Crippen MR) is 85.2 cm³/mol. The van der Waals surface area contributed by atoms with E-state index in [1.807, 2.05) is 6.92 Å². The monoisotopic (exact) mass is 296 g/mol. The van der Waals surface area contributed by atoms with Gasteiger partial charge in [-0.15, -0.1) is 0 Å². The Kier molecular flexibility index (Phi) is 8.12. The molecule has 0 aliphatic carbocycles. The predicted octanol–water partition coefficient (Wildman–Crippen LogP) is 1.58. The van der Waals surface area contributed by atoms with Crippen LogP contribution in [0.4, 0.5) is 0 Å². The van der Waals surface area contributed by atoms with Gasteiger partial charge in [0, 0.05) is 19.6 Å². The van der Waals surface area contributed by atoms with Crippen molar-refractivity contribution in [3.63, 3.8) is 0 Å². The first kappa shape index (κ1) is 17.8. The zero-order valence-electron chi connectivity index (χ0n) is 13.2. The van der Waals surface area contributed by atoms with E-state index < -0.39 is 0 Å². The van der Waals surface area contributed by atoms with Gasteiger partial charge >= 0.3 is 0 Å². The summed E-state index contributed by atoms with van der Waals surface area (Å²) in [7, 11) is 1.56. The summed E-state index contributed by atoms with van der Waals surface area (Å²) >= 11 is 0. The summed E-state index contributed by atoms with van der Waals surface area (Å²) in [4.78, 5) is 2.39. The normalized spacial score (nSPS) is 19.8. The van der Waals surface area contributed by atoms with Crippen LogP contribution in [-0.4, -0.2) is 61.6 Å². The van der Waals surface area contributed by atoms with Gasteiger partial charge in [0.05, 0.1) is 13.7 Å². The Morgan fingerprint density at radius 1 is 1.48 bits per heavy atom. The number of rotatable bonds is 8. The second kappa shape index (κ2) is 9.60. The average molecular weight is 296 g/mol. The maximum Gasteiger partial charge on any atom is 0.156 e. The zero-order valence-corrected chi connectivity index (χ0v) is 13.2. The highest BCUT2D eigenvalue weighted by atomic mass is 16.5. The fourth-order valence-corrected chi connectivity index (χ4v) is 2.52. The molecular weight excluding hydrogens is 268 g/mol. The van der Waals surface area contributed by atoms with Gasteiger partial charge in [-0.3, -0.25) is 4.90 Å². The third-order valence-corrected chi connectivity index (χ3v) is 3.81. The largest absolute Gasteiger partial charge is 0.512 e. The van der Waals surface area contributed by atoms with Crippen LogP contribution in [0.3, 0.4) is 0 Å². The number of likely N-dealkylation sites (tertiary alicyclic amines) is 1. The molecule has 0 spiro atoms. The van der Waals surface area contributed by atoms with Crippen LogP contribution >= 0.6 is 0 Å². The van der Waals surface area contributed by atoms with E-state index in [9.17, 15) is 5.11 Å². The van der Waals surface area contributed by atoms with Gasteiger partial charge in [-0.2, -0.15) is 0 Å². The molecule has 1 heterocycles. The lowest BCUT2D eigenvalue weighted by Gasteiger charge is -2.31. The molecule has 0 saturated carbocycles. The number of aliphatic hydroxyl groups excluding tert-OH is 2. The fraction of sp³-hybridized carbons (Fsp3) is 0.625. The van der Waals surface area contributed by atoms with Gasteiger partial charge in [-0.05, 0) is 49.6 Å². The molecule has 1 rings (SSSR count). The highest BCUT2D eigenvalue weighted by Crippen LogP contribution is 2.27. The number of hydrogen-bond acceptors (Lipinski definition) is 5. The van der Waals surface area contributed by atoms with Crippen LogP contribution in [-0.2, 0) is 4.74 Å². The van der Waals surface area contributed by atoms with Crippen LogP contribution in [0.2, 0.25) is 0 Å². The highest BCUT2D eigenvalue weighted by Gasteiger charge is 2.20. The Hall–Kier alpha value is -1.30. The molecule has 3 N–H and O–H groups in total. The molecule has 0 bridgehead atoms. The summed E-state index contributed by atoms with van der Waals surface area (Å²) in [6, 6.07) is 0. The van der Waals surface area contributed by atoms with Crippen molar-refractivity contribution < 1.29 is 14.9 Å². The molecular formula is C16H28N2O3. The Labute approximate surface area is 127 Å². The van der Waals surface area contributed by atoms with Gasteiger partial charge < -0.3 is 20.3 Å². The number of hydrogen-bond donors (Lipinski definition) is 3. The third-order valence-electron chi connectivity index (χ3n) is 3.81. The summed E-state index contributed by atoms with van der Waals surface area (Å²) in [6.45, 7) is 10.7. The molecule has 0 unspecified atom stereocenters. The van der Waals surface area contributed by atoms with Gasteiger partial charge in [0.15, 0.2) is 5.76 Å². The van der Waals surface area contributed by atoms with Crippen molar-refractivity contribution in [1.82, 2.24) is 10.2 Å². The van der Waals surface area contributed by atoms with E-state index in [0.29, 0.717) is 12.3 Å². The first-order valence-corrected chi connectivity index (χ1v) is 7.44. The molecule has 5 nitrogen and oxygen atoms in total. The number of nitrogens with one attached hydrogen (secondary N) is 1. The maximum atomic E-state index is 9.21. The van der Waals surface area contributed by atoms with E-state index in [1.54, 1.807) is 7.11 Å². The van der Waals surface area contributed by atoms with E-state index in [4.69, 9.17) is 9.84 Å². The van der Waals surface area contributed by atoms with E-state index in [0.717, 1.165) is 62.0 Å². The fourth-order valence-electron chi connectivity index (χ4n) is 2.52. The second-order valence-corrected chi connectivity index (χ2v) is 5.26. The van der Waals surface area contributed by atoms with Crippen LogP contribution in [0.25, 0.3) is 0 Å². The summed E-state index contributed by atoms with van der Waals surface area (Å²) < 4.78 is 5.18. The summed E-state index contributed by atoms with van der Waals surface area (Å²) in [6.07, 6.45) is 3.00. The number of methoxy groups -OCH3 is 1. The standard InChI is InChI=1S/C16H28N2O3/c1-13-5-9-18(8-4-6-17-7-10-19)11-15(13)14(2)16(12-20)21-3/h12,17,19-20H,1,4-11H2,2-3H3/b15-14-,16-12-. The molecule has 1 saturated heterocycles. The first-order valence-electron chi connectivity index (χ1n) is 7.44. The summed E-state index contributed by atoms with van der Waals surface area (Å²) in [5.74, 6) is 0.498. The lowest BCUT2D eigenvalue weighted by atomic mass is 9.94. The lowest BCUT2D eigenvalue weighted by Crippen LogP contribution is -2.35. The SMILES string of the molecule is C=C1CCN(CCCNCCO)C/C1=C(C)/C(=C/O)OC. The van der Waals surface area contributed by atoms with Crippen molar-refractivity contribution in [2.75, 3.05) is 46.4 Å². The molecule has 21 heavy (non-hydrogen) atoms. The Morgan fingerprint density at radius 2 is 2.24 bits per heavy atom. The van der Waals surface area contributed by atoms with Gasteiger partial charge in [-0.1, -0.05) is 6.58 Å². The molecule has 1 fully saturated rings. The van der Waals surface area contributed by atoms with Gasteiger partial charge in [0.25, 0.3) is 0 Å². The maximum absolute atomic E-state index is 9.21. The zero-order chi connectivity index (χ0) is 15.7. The van der Waals surface area contributed by atoms with E-state index in [-0.39, 0.29) is 6.61 Å².